The number of H-pyrrole nitrogens is 1. The normalized spacial score (nSPS) is 21.4. The van der Waals surface area contributed by atoms with Crippen LogP contribution in [0.2, 0.25) is 0 Å². The molecule has 0 spiro atoms. The van der Waals surface area contributed by atoms with E-state index in [0.717, 1.165) is 18.5 Å². The van der Waals surface area contributed by atoms with E-state index in [2.05, 4.69) is 22.1 Å². The second-order valence-corrected chi connectivity index (χ2v) is 5.71. The largest absolute Gasteiger partial charge is 0.361 e. The van der Waals surface area contributed by atoms with Crippen LogP contribution in [0.1, 0.15) is 70.4 Å². The Balaban J connectivity index is 2.16. The van der Waals surface area contributed by atoms with Crippen molar-refractivity contribution in [2.45, 2.75) is 70.1 Å². The van der Waals surface area contributed by atoms with Gasteiger partial charge in [-0.15, -0.1) is 0 Å². The highest BCUT2D eigenvalue weighted by molar-refractivity contribution is 5.10. The van der Waals surface area contributed by atoms with Gasteiger partial charge in [0.2, 0.25) is 0 Å². The van der Waals surface area contributed by atoms with Gasteiger partial charge in [0.05, 0.1) is 11.9 Å². The summed E-state index contributed by atoms with van der Waals surface area (Å²) in [6, 6.07) is 0. The molecule has 0 saturated heterocycles. The van der Waals surface area contributed by atoms with Crippen molar-refractivity contribution in [3.63, 3.8) is 0 Å². The van der Waals surface area contributed by atoms with Crippen molar-refractivity contribution in [2.24, 2.45) is 0 Å². The van der Waals surface area contributed by atoms with Crippen LogP contribution in [0.5, 0.6) is 0 Å². The Morgan fingerprint density at radius 3 is 2.17 bits per heavy atom. The lowest BCUT2D eigenvalue weighted by Crippen LogP contribution is -2.28. The Kier molecular flexibility index (Phi) is 4.50. The van der Waals surface area contributed by atoms with Crippen molar-refractivity contribution in [3.8, 4) is 0 Å². The molecule has 1 aromatic heterocycles. The zero-order valence-electron chi connectivity index (χ0n) is 11.2. The third-order valence-corrected chi connectivity index (χ3v) is 4.14. The standard InChI is InChI=1S/C14H23N3O/c1-14(12-11-15-17-13(18)16-12)9-7-5-3-2-4-6-8-10-14/h11H,2-10H2,1H3,(H,16,17,18). The van der Waals surface area contributed by atoms with Crippen molar-refractivity contribution in [2.75, 3.05) is 0 Å². The molecule has 1 aliphatic carbocycles. The number of hydrogen-bond acceptors (Lipinski definition) is 3. The molecule has 18 heavy (non-hydrogen) atoms. The highest BCUT2D eigenvalue weighted by atomic mass is 16.1. The molecular weight excluding hydrogens is 226 g/mol. The molecule has 4 heteroatoms. The van der Waals surface area contributed by atoms with Crippen molar-refractivity contribution in [1.29, 1.82) is 0 Å². The van der Waals surface area contributed by atoms with Gasteiger partial charge >= 0.3 is 5.69 Å². The number of hydrogen-bond donors (Lipinski definition) is 1. The van der Waals surface area contributed by atoms with E-state index in [4.69, 9.17) is 0 Å². The Labute approximate surface area is 108 Å². The first-order valence-corrected chi connectivity index (χ1v) is 7.13. The molecule has 0 radical (unpaired) electrons. The molecule has 1 heterocycles. The maximum Gasteiger partial charge on any atom is 0.361 e. The van der Waals surface area contributed by atoms with Crippen LogP contribution in [-0.2, 0) is 5.41 Å². The summed E-state index contributed by atoms with van der Waals surface area (Å²) in [6.07, 6.45) is 13.1. The number of nitrogens with one attached hydrogen (secondary N) is 1. The lowest BCUT2D eigenvalue weighted by molar-refractivity contribution is 0.341. The van der Waals surface area contributed by atoms with Crippen LogP contribution in [-0.4, -0.2) is 15.2 Å². The van der Waals surface area contributed by atoms with Crippen LogP contribution < -0.4 is 5.69 Å². The molecule has 1 N–H and O–H groups in total. The van der Waals surface area contributed by atoms with Crippen molar-refractivity contribution < 1.29 is 0 Å². The van der Waals surface area contributed by atoms with Crippen LogP contribution >= 0.6 is 0 Å². The van der Waals surface area contributed by atoms with Crippen LogP contribution in [0.3, 0.4) is 0 Å². The average molecular weight is 249 g/mol. The minimum atomic E-state index is -0.328. The third-order valence-electron chi connectivity index (χ3n) is 4.14. The smallest absolute Gasteiger partial charge is 0.244 e. The second-order valence-electron chi connectivity index (χ2n) is 5.71. The topological polar surface area (TPSA) is 58.6 Å². The Morgan fingerprint density at radius 1 is 1.06 bits per heavy atom. The fourth-order valence-electron chi connectivity index (χ4n) is 2.90. The van der Waals surface area contributed by atoms with Gasteiger partial charge in [0.15, 0.2) is 0 Å². The SMILES string of the molecule is CC1(c2cn[nH]c(=O)n2)CCCCCCCCC1. The molecule has 1 saturated carbocycles. The van der Waals surface area contributed by atoms with Crippen molar-refractivity contribution in [3.05, 3.63) is 22.4 Å². The Hall–Kier alpha value is -1.19. The van der Waals surface area contributed by atoms with Gasteiger partial charge < -0.3 is 0 Å². The lowest BCUT2D eigenvalue weighted by Gasteiger charge is -2.29. The highest BCUT2D eigenvalue weighted by Gasteiger charge is 2.28. The number of aromatic amines is 1. The van der Waals surface area contributed by atoms with Gasteiger partial charge in [-0.1, -0.05) is 51.9 Å². The van der Waals surface area contributed by atoms with Crippen LogP contribution in [0.15, 0.2) is 11.0 Å². The van der Waals surface area contributed by atoms with Crippen LogP contribution in [0.25, 0.3) is 0 Å². The summed E-state index contributed by atoms with van der Waals surface area (Å²) in [5.74, 6) is 0. The highest BCUT2D eigenvalue weighted by Crippen LogP contribution is 2.34. The van der Waals surface area contributed by atoms with Gasteiger partial charge in [0.25, 0.3) is 0 Å². The minimum absolute atomic E-state index is 0.0264. The summed E-state index contributed by atoms with van der Waals surface area (Å²) in [5.41, 5.74) is 0.566. The number of aromatic nitrogens is 3. The maximum atomic E-state index is 11.3. The lowest BCUT2D eigenvalue weighted by atomic mass is 9.76. The van der Waals surface area contributed by atoms with Crippen molar-refractivity contribution >= 4 is 0 Å². The molecule has 0 amide bonds. The van der Waals surface area contributed by atoms with Crippen LogP contribution in [0.4, 0.5) is 0 Å². The van der Waals surface area contributed by atoms with Gasteiger partial charge in [-0.3, -0.25) is 0 Å². The van der Waals surface area contributed by atoms with Crippen LogP contribution in [0, 0.1) is 0 Å². The van der Waals surface area contributed by atoms with E-state index in [1.165, 1.54) is 44.9 Å². The summed E-state index contributed by atoms with van der Waals surface area (Å²) in [6.45, 7) is 2.23. The van der Waals surface area contributed by atoms with Gasteiger partial charge in [-0.05, 0) is 12.8 Å². The molecule has 0 aliphatic heterocycles. The monoisotopic (exact) mass is 249 g/mol. The summed E-state index contributed by atoms with van der Waals surface area (Å²) >= 11 is 0. The van der Waals surface area contributed by atoms with E-state index >= 15 is 0 Å². The molecule has 100 valence electrons. The first-order valence-electron chi connectivity index (χ1n) is 7.13. The van der Waals surface area contributed by atoms with Gasteiger partial charge in [-0.2, -0.15) is 10.1 Å². The molecule has 1 aliphatic rings. The zero-order chi connectivity index (χ0) is 12.8. The molecule has 0 unspecified atom stereocenters. The van der Waals surface area contributed by atoms with Gasteiger partial charge in [0.1, 0.15) is 0 Å². The predicted molar refractivity (Wildman–Crippen MR) is 71.6 cm³/mol. The average Bonchev–Trinajstić information content (AvgIpc) is 2.37. The van der Waals surface area contributed by atoms with Gasteiger partial charge in [-0.25, -0.2) is 9.89 Å². The fraction of sp³-hybridized carbons (Fsp3) is 0.786. The minimum Gasteiger partial charge on any atom is -0.244 e. The third kappa shape index (κ3) is 3.40. The Morgan fingerprint density at radius 2 is 1.61 bits per heavy atom. The van der Waals surface area contributed by atoms with E-state index < -0.39 is 0 Å². The summed E-state index contributed by atoms with van der Waals surface area (Å²) in [7, 11) is 0. The first-order chi connectivity index (χ1) is 8.71. The molecule has 1 fully saturated rings. The van der Waals surface area contributed by atoms with E-state index in [1.54, 1.807) is 6.20 Å². The maximum absolute atomic E-state index is 11.3. The molecule has 0 aromatic carbocycles. The molecular formula is C14H23N3O. The summed E-state index contributed by atoms with van der Waals surface area (Å²) in [4.78, 5) is 15.4. The molecule has 2 rings (SSSR count). The predicted octanol–water partition coefficient (Wildman–Crippen LogP) is 2.95. The fourth-order valence-corrected chi connectivity index (χ4v) is 2.90. The molecule has 0 atom stereocenters. The summed E-state index contributed by atoms with van der Waals surface area (Å²) < 4.78 is 0. The second kappa shape index (κ2) is 6.12. The molecule has 4 nitrogen and oxygen atoms in total. The quantitative estimate of drug-likeness (QED) is 0.832. The zero-order valence-corrected chi connectivity index (χ0v) is 11.2. The summed E-state index contributed by atoms with van der Waals surface area (Å²) in [5, 5.41) is 6.26. The van der Waals surface area contributed by atoms with Crippen molar-refractivity contribution in [1.82, 2.24) is 15.2 Å². The molecule has 1 aromatic rings. The van der Waals surface area contributed by atoms with E-state index in [0.29, 0.717) is 0 Å². The first kappa shape index (κ1) is 13.2. The number of rotatable bonds is 1. The van der Waals surface area contributed by atoms with Gasteiger partial charge in [0, 0.05) is 5.41 Å². The molecule has 0 bridgehead atoms. The Bertz CT molecular complexity index is 417. The number of nitrogens with zero attached hydrogens (tertiary/aromatic N) is 2. The van der Waals surface area contributed by atoms with E-state index in [1.807, 2.05) is 0 Å². The van der Waals surface area contributed by atoms with E-state index in [-0.39, 0.29) is 11.1 Å². The van der Waals surface area contributed by atoms with E-state index in [9.17, 15) is 4.79 Å².